The summed E-state index contributed by atoms with van der Waals surface area (Å²) in [5, 5.41) is 3.98. The number of aryl methyl sites for hydroxylation is 1. The maximum absolute atomic E-state index is 14.4. The molecule has 0 spiro atoms. The molecule has 0 unspecified atom stereocenters. The highest BCUT2D eigenvalue weighted by Gasteiger charge is 2.53. The molecule has 3 heterocycles. The number of fused-ring (bicyclic) bond motifs is 4. The molecular weight excluding hydrogens is 540 g/mol. The van der Waals surface area contributed by atoms with Crippen LogP contribution in [0.25, 0.3) is 10.9 Å². The van der Waals surface area contributed by atoms with E-state index in [0.717, 1.165) is 38.9 Å². The lowest BCUT2D eigenvalue weighted by atomic mass is 9.87. The summed E-state index contributed by atoms with van der Waals surface area (Å²) >= 11 is 0. The van der Waals surface area contributed by atoms with Crippen LogP contribution in [-0.2, 0) is 17.8 Å². The Morgan fingerprint density at radius 1 is 0.930 bits per heavy atom. The Morgan fingerprint density at radius 2 is 1.65 bits per heavy atom. The molecule has 0 radical (unpaired) electrons. The van der Waals surface area contributed by atoms with E-state index in [9.17, 15) is 14.4 Å². The lowest BCUT2D eigenvalue weighted by molar-refractivity contribution is -0.120. The van der Waals surface area contributed by atoms with Crippen molar-refractivity contribution in [3.05, 3.63) is 131 Å². The molecule has 4 amide bonds. The Labute approximate surface area is 248 Å². The van der Waals surface area contributed by atoms with E-state index in [1.54, 1.807) is 36.3 Å². The number of imide groups is 1. The van der Waals surface area contributed by atoms with Crippen molar-refractivity contribution in [2.75, 3.05) is 12.0 Å². The summed E-state index contributed by atoms with van der Waals surface area (Å²) in [7, 11) is 1.58. The predicted molar refractivity (Wildman–Crippen MR) is 164 cm³/mol. The summed E-state index contributed by atoms with van der Waals surface area (Å²) in [6.07, 6.45) is 0.380. The van der Waals surface area contributed by atoms with Crippen LogP contribution < -0.4 is 15.0 Å². The number of urea groups is 1. The number of carbonyl (C=O) groups is 3. The smallest absolute Gasteiger partial charge is 0.332 e. The second kappa shape index (κ2) is 10.5. The Balaban J connectivity index is 1.28. The van der Waals surface area contributed by atoms with Gasteiger partial charge in [0.25, 0.3) is 11.8 Å². The maximum atomic E-state index is 14.4. The number of amides is 4. The van der Waals surface area contributed by atoms with Crippen LogP contribution in [0.1, 0.15) is 44.3 Å². The summed E-state index contributed by atoms with van der Waals surface area (Å²) in [5.74, 6) is -0.0704. The minimum Gasteiger partial charge on any atom is -0.496 e. The first kappa shape index (κ1) is 26.5. The predicted octanol–water partition coefficient (Wildman–Crippen LogP) is 5.90. The molecule has 1 aromatic heterocycles. The Bertz CT molecular complexity index is 1910. The summed E-state index contributed by atoms with van der Waals surface area (Å²) in [5.41, 5.74) is 6.22. The lowest BCUT2D eigenvalue weighted by Gasteiger charge is -2.36. The zero-order chi connectivity index (χ0) is 29.7. The third kappa shape index (κ3) is 4.25. The van der Waals surface area contributed by atoms with Gasteiger partial charge in [-0.05, 0) is 47.9 Å². The van der Waals surface area contributed by atoms with Gasteiger partial charge in [0.15, 0.2) is 0 Å². The number of hydrogen-bond donors (Lipinski definition) is 2. The molecule has 1 saturated heterocycles. The Morgan fingerprint density at radius 3 is 2.49 bits per heavy atom. The number of aromatic nitrogens is 1. The number of hydrogen-bond acceptors (Lipinski definition) is 4. The van der Waals surface area contributed by atoms with Gasteiger partial charge in [0.05, 0.1) is 18.4 Å². The molecule has 2 atom stereocenters. The Kier molecular flexibility index (Phi) is 6.46. The molecular formula is C35H30N4O4. The molecule has 5 aromatic rings. The monoisotopic (exact) mass is 570 g/mol. The number of nitrogens with zero attached hydrogens (tertiary/aromatic N) is 2. The number of benzene rings is 4. The van der Waals surface area contributed by atoms with Gasteiger partial charge < -0.3 is 15.0 Å². The van der Waals surface area contributed by atoms with Gasteiger partial charge in [-0.25, -0.2) is 9.69 Å². The van der Waals surface area contributed by atoms with Crippen molar-refractivity contribution in [2.45, 2.75) is 32.0 Å². The van der Waals surface area contributed by atoms with Crippen LogP contribution in [0, 0.1) is 6.92 Å². The fraction of sp³-hybridized carbons (Fsp3) is 0.171. The number of nitrogens with one attached hydrogen (secondary N) is 2. The summed E-state index contributed by atoms with van der Waals surface area (Å²) in [6, 6.07) is 28.5. The third-order valence-corrected chi connectivity index (χ3v) is 8.55. The Hall–Kier alpha value is -5.37. The first-order valence-corrected chi connectivity index (χ1v) is 14.3. The third-order valence-electron chi connectivity index (χ3n) is 8.55. The first-order chi connectivity index (χ1) is 21.0. The zero-order valence-corrected chi connectivity index (χ0v) is 23.8. The SMILES string of the molecule is COc1ccccc1CNC(=O)c1ccccc1N1C(=O)[C@@H]2Cc3c([nH]c4ccccc34)[C@@H](c3ccccc3C)N2C1=O. The largest absolute Gasteiger partial charge is 0.496 e. The average Bonchev–Trinajstić information content (AvgIpc) is 3.53. The highest BCUT2D eigenvalue weighted by Crippen LogP contribution is 2.45. The van der Waals surface area contributed by atoms with Crippen molar-refractivity contribution in [2.24, 2.45) is 0 Å². The molecule has 0 aliphatic carbocycles. The molecule has 8 heteroatoms. The van der Waals surface area contributed by atoms with E-state index in [4.69, 9.17) is 4.74 Å². The lowest BCUT2D eigenvalue weighted by Crippen LogP contribution is -2.44. The molecule has 7 rings (SSSR count). The molecule has 214 valence electrons. The number of anilines is 1. The standard InChI is InChI=1S/C35H30N4O4/c1-21-11-3-5-13-23(21)32-31-26(24-14-6-8-16-27(24)37-31)19-29-34(41)39(35(42)38(29)32)28-17-9-7-15-25(28)33(40)36-20-22-12-4-10-18-30(22)43-2/h3-18,29,32,37H,19-20H2,1-2H3,(H,36,40)/t29-,32+/m0/s1. The van der Waals surface area contributed by atoms with Crippen molar-refractivity contribution in [3.63, 3.8) is 0 Å². The molecule has 2 aliphatic heterocycles. The van der Waals surface area contributed by atoms with Crippen LogP contribution >= 0.6 is 0 Å². The summed E-state index contributed by atoms with van der Waals surface area (Å²) in [4.78, 5) is 48.6. The van der Waals surface area contributed by atoms with Crippen molar-refractivity contribution in [1.29, 1.82) is 0 Å². The number of para-hydroxylation sites is 3. The number of H-pyrrole nitrogens is 1. The fourth-order valence-electron chi connectivity index (χ4n) is 6.49. The van der Waals surface area contributed by atoms with E-state index in [0.29, 0.717) is 12.2 Å². The van der Waals surface area contributed by atoms with Gasteiger partial charge in [-0.2, -0.15) is 0 Å². The quantitative estimate of drug-likeness (QED) is 0.249. The van der Waals surface area contributed by atoms with E-state index in [1.807, 2.05) is 73.7 Å². The van der Waals surface area contributed by atoms with Crippen LogP contribution in [-0.4, -0.2) is 40.9 Å². The number of carbonyl (C=O) groups excluding carboxylic acids is 3. The van der Waals surface area contributed by atoms with E-state index in [2.05, 4.69) is 16.4 Å². The molecule has 1 fully saturated rings. The minimum atomic E-state index is -0.714. The van der Waals surface area contributed by atoms with Crippen LogP contribution in [0.15, 0.2) is 97.1 Å². The highest BCUT2D eigenvalue weighted by molar-refractivity contribution is 6.24. The van der Waals surface area contributed by atoms with Gasteiger partial charge in [0.1, 0.15) is 17.8 Å². The van der Waals surface area contributed by atoms with Gasteiger partial charge in [-0.15, -0.1) is 0 Å². The minimum absolute atomic E-state index is 0.227. The fourth-order valence-corrected chi connectivity index (χ4v) is 6.49. The average molecular weight is 571 g/mol. The number of rotatable bonds is 6. The van der Waals surface area contributed by atoms with E-state index < -0.39 is 24.0 Å². The topological polar surface area (TPSA) is 94.7 Å². The number of ether oxygens (including phenoxy) is 1. The van der Waals surface area contributed by atoms with Crippen molar-refractivity contribution >= 4 is 34.4 Å². The van der Waals surface area contributed by atoms with Gasteiger partial charge in [0, 0.05) is 35.1 Å². The van der Waals surface area contributed by atoms with Gasteiger partial charge in [-0.1, -0.05) is 72.8 Å². The second-order valence-corrected chi connectivity index (χ2v) is 10.9. The zero-order valence-electron chi connectivity index (χ0n) is 23.8. The van der Waals surface area contributed by atoms with Gasteiger partial charge in [-0.3, -0.25) is 14.5 Å². The first-order valence-electron chi connectivity index (χ1n) is 14.3. The summed E-state index contributed by atoms with van der Waals surface area (Å²) < 4.78 is 5.42. The van der Waals surface area contributed by atoms with E-state index in [1.165, 1.54) is 4.90 Å². The number of methoxy groups -OCH3 is 1. The van der Waals surface area contributed by atoms with E-state index in [-0.39, 0.29) is 23.7 Å². The molecule has 0 bridgehead atoms. The normalized spacial score (nSPS) is 17.6. The maximum Gasteiger partial charge on any atom is 0.332 e. The van der Waals surface area contributed by atoms with Crippen molar-refractivity contribution in [3.8, 4) is 5.75 Å². The highest BCUT2D eigenvalue weighted by atomic mass is 16.5. The van der Waals surface area contributed by atoms with Gasteiger partial charge in [0.2, 0.25) is 0 Å². The van der Waals surface area contributed by atoms with Crippen molar-refractivity contribution < 1.29 is 19.1 Å². The van der Waals surface area contributed by atoms with Crippen LogP contribution in [0.4, 0.5) is 10.5 Å². The van der Waals surface area contributed by atoms with E-state index >= 15 is 0 Å². The van der Waals surface area contributed by atoms with Gasteiger partial charge >= 0.3 is 6.03 Å². The van der Waals surface area contributed by atoms with Crippen LogP contribution in [0.5, 0.6) is 5.75 Å². The molecule has 2 aliphatic rings. The second-order valence-electron chi connectivity index (χ2n) is 10.9. The molecule has 4 aromatic carbocycles. The van der Waals surface area contributed by atoms with Crippen LogP contribution in [0.3, 0.4) is 0 Å². The number of aromatic amines is 1. The molecule has 2 N–H and O–H groups in total. The molecule has 0 saturated carbocycles. The van der Waals surface area contributed by atoms with Crippen LogP contribution in [0.2, 0.25) is 0 Å². The molecule has 43 heavy (non-hydrogen) atoms. The summed E-state index contributed by atoms with van der Waals surface area (Å²) in [6.45, 7) is 2.24. The van der Waals surface area contributed by atoms with Crippen molar-refractivity contribution in [1.82, 2.24) is 15.2 Å². The molecule has 8 nitrogen and oxygen atoms in total.